The van der Waals surface area contributed by atoms with E-state index >= 15 is 0 Å². The Morgan fingerprint density at radius 1 is 1.08 bits per heavy atom. The van der Waals surface area contributed by atoms with Gasteiger partial charge in [-0.05, 0) is 52.9 Å². The summed E-state index contributed by atoms with van der Waals surface area (Å²) in [7, 11) is -9.22. The van der Waals surface area contributed by atoms with Crippen LogP contribution in [-0.2, 0) is 29.4 Å². The quantitative estimate of drug-likeness (QED) is 0.278. The fourth-order valence-electron chi connectivity index (χ4n) is 2.18. The third kappa shape index (κ3) is 4.89. The van der Waals surface area contributed by atoms with Gasteiger partial charge in [-0.25, -0.2) is 16.8 Å². The lowest BCUT2D eigenvalue weighted by molar-refractivity contribution is 0.00578. The van der Waals surface area contributed by atoms with Gasteiger partial charge in [0, 0.05) is 0 Å². The van der Waals surface area contributed by atoms with Crippen LogP contribution in [0.4, 0.5) is 0 Å². The van der Waals surface area contributed by atoms with Crippen molar-refractivity contribution < 1.29 is 26.1 Å². The molecule has 0 aliphatic carbocycles. The maximum Gasteiger partial charge on any atom is 0.490 e. The van der Waals surface area contributed by atoms with Crippen molar-refractivity contribution in [2.75, 3.05) is 12.5 Å². The van der Waals surface area contributed by atoms with Crippen LogP contribution in [0.2, 0.25) is 0 Å². The van der Waals surface area contributed by atoms with Crippen LogP contribution in [0.5, 0.6) is 0 Å². The first-order valence-corrected chi connectivity index (χ1v) is 11.6. The van der Waals surface area contributed by atoms with E-state index in [0.29, 0.717) is 5.47 Å². The van der Waals surface area contributed by atoms with Gasteiger partial charge in [0.2, 0.25) is 20.0 Å². The molecule has 0 spiro atoms. The summed E-state index contributed by atoms with van der Waals surface area (Å²) >= 11 is 5.95. The minimum atomic E-state index is -4.20. The zero-order chi connectivity index (χ0) is 20.7. The molecule has 1 heterocycles. The molecule has 0 unspecified atom stereocenters. The van der Waals surface area contributed by atoms with Crippen LogP contribution in [0.3, 0.4) is 0 Å². The van der Waals surface area contributed by atoms with Gasteiger partial charge in [-0.1, -0.05) is 11.6 Å². The van der Waals surface area contributed by atoms with E-state index in [4.69, 9.17) is 20.9 Å². The molecule has 0 aromatic carbocycles. The van der Waals surface area contributed by atoms with Gasteiger partial charge < -0.3 is 9.31 Å². The Balaban J connectivity index is 3.51. The molecule has 1 rings (SSSR count). The molecule has 0 amide bonds. The fraction of sp³-hybridized carbons (Fsp3) is 0.643. The SMILES string of the molecule is C=N/C(Cl)=C(\C=C(/C)B1OC(C)(C)C(C)(C)O1)N(S(C)(=O)=O)S(C)(=O)=O. The van der Waals surface area contributed by atoms with E-state index in [1.807, 2.05) is 27.7 Å². The second-order valence-electron chi connectivity index (χ2n) is 7.03. The lowest BCUT2D eigenvalue weighted by Gasteiger charge is -2.32. The Kier molecular flexibility index (Phi) is 6.48. The van der Waals surface area contributed by atoms with Crippen LogP contribution < -0.4 is 0 Å². The molecule has 1 saturated heterocycles. The standard InChI is InChI=1S/C14H24BClN2O6S2/c1-10(15-23-13(2,3)14(4,5)24-15)9-11(12(16)17-6)18(25(7,19)20)26(8,21)22/h9H,6H2,1-5,7-8H3/b10-9+,12-11+. The molecule has 8 nitrogen and oxygen atoms in total. The Bertz CT molecular complexity index is 814. The van der Waals surface area contributed by atoms with Crippen molar-refractivity contribution in [3.05, 3.63) is 22.4 Å². The van der Waals surface area contributed by atoms with Crippen molar-refractivity contribution in [3.8, 4) is 0 Å². The van der Waals surface area contributed by atoms with Crippen LogP contribution >= 0.6 is 11.6 Å². The van der Waals surface area contributed by atoms with E-state index in [-0.39, 0.29) is 9.41 Å². The van der Waals surface area contributed by atoms with E-state index in [0.717, 1.165) is 12.5 Å². The van der Waals surface area contributed by atoms with Crippen molar-refractivity contribution in [1.29, 1.82) is 0 Å². The van der Waals surface area contributed by atoms with Crippen LogP contribution in [0.1, 0.15) is 34.6 Å². The largest absolute Gasteiger partial charge is 0.490 e. The second kappa shape index (κ2) is 7.27. The smallest absolute Gasteiger partial charge is 0.400 e. The Morgan fingerprint density at radius 3 is 1.77 bits per heavy atom. The van der Waals surface area contributed by atoms with Gasteiger partial charge in [-0.2, -0.15) is 3.71 Å². The Hall–Kier alpha value is -0.875. The summed E-state index contributed by atoms with van der Waals surface area (Å²) in [6.45, 7) is 12.3. The predicted molar refractivity (Wildman–Crippen MR) is 104 cm³/mol. The molecule has 0 aromatic rings. The molecule has 0 saturated carbocycles. The van der Waals surface area contributed by atoms with E-state index < -0.39 is 43.5 Å². The van der Waals surface area contributed by atoms with Crippen molar-refractivity contribution in [2.45, 2.75) is 45.8 Å². The van der Waals surface area contributed by atoms with Crippen molar-refractivity contribution in [3.63, 3.8) is 0 Å². The first-order chi connectivity index (χ1) is 11.4. The third-order valence-corrected chi connectivity index (χ3v) is 7.67. The second-order valence-corrected chi connectivity index (χ2v) is 11.3. The predicted octanol–water partition coefficient (Wildman–Crippen LogP) is 1.89. The molecular weight excluding hydrogens is 403 g/mol. The molecule has 12 heteroatoms. The van der Waals surface area contributed by atoms with Gasteiger partial charge in [0.25, 0.3) is 0 Å². The van der Waals surface area contributed by atoms with Crippen LogP contribution in [0.25, 0.3) is 0 Å². The number of hydrogen-bond donors (Lipinski definition) is 0. The molecule has 0 aromatic heterocycles. The number of hydrogen-bond acceptors (Lipinski definition) is 7. The third-order valence-electron chi connectivity index (χ3n) is 4.14. The number of sulfonamides is 2. The van der Waals surface area contributed by atoms with Gasteiger partial charge in [0.05, 0.1) is 23.7 Å². The molecule has 1 fully saturated rings. The van der Waals surface area contributed by atoms with Gasteiger partial charge in [0.1, 0.15) is 5.70 Å². The summed E-state index contributed by atoms with van der Waals surface area (Å²) in [4.78, 5) is 3.47. The van der Waals surface area contributed by atoms with Gasteiger partial charge in [-0.3, -0.25) is 4.99 Å². The van der Waals surface area contributed by atoms with Gasteiger partial charge in [-0.15, -0.1) is 0 Å². The minimum Gasteiger partial charge on any atom is -0.400 e. The highest BCUT2D eigenvalue weighted by molar-refractivity contribution is 8.03. The van der Waals surface area contributed by atoms with Crippen LogP contribution in [0.15, 0.2) is 27.4 Å². The van der Waals surface area contributed by atoms with E-state index in [1.54, 1.807) is 6.92 Å². The summed E-state index contributed by atoms with van der Waals surface area (Å²) in [5.74, 6) is 0. The lowest BCUT2D eigenvalue weighted by atomic mass is 9.79. The maximum absolute atomic E-state index is 12.0. The molecule has 26 heavy (non-hydrogen) atoms. The molecule has 1 aliphatic rings. The minimum absolute atomic E-state index is 0.200. The number of aliphatic imine (C=N–C) groups is 1. The highest BCUT2D eigenvalue weighted by atomic mass is 35.5. The molecule has 0 radical (unpaired) electrons. The molecule has 0 bridgehead atoms. The van der Waals surface area contributed by atoms with Crippen LogP contribution in [0, 0.1) is 0 Å². The number of allylic oxidation sites excluding steroid dienone is 2. The first kappa shape index (κ1) is 23.2. The van der Waals surface area contributed by atoms with E-state index in [9.17, 15) is 16.8 Å². The number of halogens is 1. The summed E-state index contributed by atoms with van der Waals surface area (Å²) in [6, 6.07) is 0. The molecular formula is C14H24BClN2O6S2. The number of rotatable bonds is 6. The number of nitrogens with zero attached hydrogens (tertiary/aromatic N) is 2. The molecule has 1 aliphatic heterocycles. The fourth-order valence-corrected chi connectivity index (χ4v) is 5.38. The monoisotopic (exact) mass is 426 g/mol. The lowest BCUT2D eigenvalue weighted by Crippen LogP contribution is -2.41. The maximum atomic E-state index is 12.0. The van der Waals surface area contributed by atoms with Crippen LogP contribution in [-0.4, -0.2) is 58.1 Å². The average Bonchev–Trinajstić information content (AvgIpc) is 2.62. The average molecular weight is 427 g/mol. The zero-order valence-corrected chi connectivity index (χ0v) is 18.3. The van der Waals surface area contributed by atoms with Crippen molar-refractivity contribution in [1.82, 2.24) is 3.71 Å². The van der Waals surface area contributed by atoms with Gasteiger partial charge in [0.15, 0.2) is 5.16 Å². The summed E-state index contributed by atoms with van der Waals surface area (Å²) in [5, 5.41) is -0.392. The Labute approximate surface area is 161 Å². The highest BCUT2D eigenvalue weighted by Gasteiger charge is 2.51. The summed E-state index contributed by atoms with van der Waals surface area (Å²) < 4.78 is 60.1. The molecule has 0 N–H and O–H groups in total. The highest BCUT2D eigenvalue weighted by Crippen LogP contribution is 2.39. The summed E-state index contributed by atoms with van der Waals surface area (Å²) in [6.07, 6.45) is 2.75. The molecule has 0 atom stereocenters. The van der Waals surface area contributed by atoms with Crippen molar-refractivity contribution >= 4 is 45.5 Å². The molecule has 148 valence electrons. The van der Waals surface area contributed by atoms with Gasteiger partial charge >= 0.3 is 7.12 Å². The Morgan fingerprint density at radius 2 is 1.46 bits per heavy atom. The topological polar surface area (TPSA) is 102 Å². The normalized spacial score (nSPS) is 21.4. The first-order valence-electron chi connectivity index (χ1n) is 7.55. The summed E-state index contributed by atoms with van der Waals surface area (Å²) in [5.41, 5.74) is -1.19. The van der Waals surface area contributed by atoms with Crippen molar-refractivity contribution in [2.24, 2.45) is 4.99 Å². The van der Waals surface area contributed by atoms with E-state index in [1.165, 1.54) is 6.08 Å². The van der Waals surface area contributed by atoms with E-state index in [2.05, 4.69) is 11.7 Å². The zero-order valence-electron chi connectivity index (χ0n) is 15.9.